The SMILES string of the molecule is CC1CN(CCn2ccc(C(=O)N3CCCC3)n2)C1. The summed E-state index contributed by atoms with van der Waals surface area (Å²) in [6.45, 7) is 8.34. The molecule has 1 aromatic heterocycles. The summed E-state index contributed by atoms with van der Waals surface area (Å²) in [5.74, 6) is 0.929. The van der Waals surface area contributed by atoms with Crippen LogP contribution < -0.4 is 0 Å². The third kappa shape index (κ3) is 2.81. The van der Waals surface area contributed by atoms with Gasteiger partial charge in [-0.3, -0.25) is 9.48 Å². The minimum absolute atomic E-state index is 0.0915. The van der Waals surface area contributed by atoms with Crippen LogP contribution in [0.4, 0.5) is 0 Å². The molecule has 5 nitrogen and oxygen atoms in total. The zero-order valence-electron chi connectivity index (χ0n) is 11.6. The van der Waals surface area contributed by atoms with Crippen LogP contribution in [0.5, 0.6) is 0 Å². The first-order chi connectivity index (χ1) is 9.22. The Balaban J connectivity index is 1.52. The maximum absolute atomic E-state index is 12.1. The van der Waals surface area contributed by atoms with Crippen LogP contribution >= 0.6 is 0 Å². The number of hydrogen-bond donors (Lipinski definition) is 0. The van der Waals surface area contributed by atoms with Gasteiger partial charge in [-0.25, -0.2) is 0 Å². The molecule has 3 rings (SSSR count). The maximum Gasteiger partial charge on any atom is 0.274 e. The molecule has 19 heavy (non-hydrogen) atoms. The molecule has 1 aromatic rings. The molecule has 2 saturated heterocycles. The van der Waals surface area contributed by atoms with Crippen molar-refractivity contribution in [2.45, 2.75) is 26.3 Å². The molecule has 0 bridgehead atoms. The van der Waals surface area contributed by atoms with Gasteiger partial charge in [0, 0.05) is 38.9 Å². The topological polar surface area (TPSA) is 41.4 Å². The van der Waals surface area contributed by atoms with Crippen molar-refractivity contribution < 1.29 is 4.79 Å². The van der Waals surface area contributed by atoms with Gasteiger partial charge in [-0.15, -0.1) is 0 Å². The van der Waals surface area contributed by atoms with Gasteiger partial charge in [0.2, 0.25) is 0 Å². The minimum atomic E-state index is 0.0915. The Labute approximate surface area is 114 Å². The largest absolute Gasteiger partial charge is 0.337 e. The number of nitrogens with zero attached hydrogens (tertiary/aromatic N) is 4. The summed E-state index contributed by atoms with van der Waals surface area (Å²) in [7, 11) is 0. The Hall–Kier alpha value is -1.36. The van der Waals surface area contributed by atoms with Gasteiger partial charge in [0.05, 0.1) is 6.54 Å². The third-order valence-corrected chi connectivity index (χ3v) is 4.04. The van der Waals surface area contributed by atoms with Crippen molar-refractivity contribution in [3.8, 4) is 0 Å². The lowest BCUT2D eigenvalue weighted by atomic mass is 10.0. The highest BCUT2D eigenvalue weighted by Gasteiger charge is 2.23. The van der Waals surface area contributed by atoms with E-state index >= 15 is 0 Å². The predicted octanol–water partition coefficient (Wildman–Crippen LogP) is 1.07. The van der Waals surface area contributed by atoms with Crippen molar-refractivity contribution in [2.24, 2.45) is 5.92 Å². The van der Waals surface area contributed by atoms with Crippen LogP contribution in [0.1, 0.15) is 30.3 Å². The van der Waals surface area contributed by atoms with Gasteiger partial charge in [-0.1, -0.05) is 6.92 Å². The summed E-state index contributed by atoms with van der Waals surface area (Å²) >= 11 is 0. The Morgan fingerprint density at radius 2 is 2.05 bits per heavy atom. The van der Waals surface area contributed by atoms with Gasteiger partial charge >= 0.3 is 0 Å². The average molecular weight is 262 g/mol. The second-order valence-corrected chi connectivity index (χ2v) is 5.83. The van der Waals surface area contributed by atoms with Crippen molar-refractivity contribution in [3.63, 3.8) is 0 Å². The van der Waals surface area contributed by atoms with Crippen LogP contribution in [0, 0.1) is 5.92 Å². The van der Waals surface area contributed by atoms with Gasteiger partial charge < -0.3 is 9.80 Å². The van der Waals surface area contributed by atoms with E-state index in [0.29, 0.717) is 5.69 Å². The molecule has 1 amide bonds. The van der Waals surface area contributed by atoms with Gasteiger partial charge in [-0.05, 0) is 24.8 Å². The van der Waals surface area contributed by atoms with Crippen molar-refractivity contribution in [3.05, 3.63) is 18.0 Å². The molecular weight excluding hydrogens is 240 g/mol. The van der Waals surface area contributed by atoms with Gasteiger partial charge in [0.1, 0.15) is 5.69 Å². The lowest BCUT2D eigenvalue weighted by Gasteiger charge is -2.36. The first-order valence-corrected chi connectivity index (χ1v) is 7.27. The summed E-state index contributed by atoms with van der Waals surface area (Å²) < 4.78 is 1.90. The first kappa shape index (κ1) is 12.7. The molecule has 0 spiro atoms. The average Bonchev–Trinajstić information content (AvgIpc) is 3.03. The highest BCUT2D eigenvalue weighted by molar-refractivity contribution is 5.92. The van der Waals surface area contributed by atoms with Crippen molar-refractivity contribution >= 4 is 5.91 Å². The van der Waals surface area contributed by atoms with Crippen LogP contribution in [-0.4, -0.2) is 58.2 Å². The zero-order valence-corrected chi connectivity index (χ0v) is 11.6. The summed E-state index contributed by atoms with van der Waals surface area (Å²) in [6.07, 6.45) is 4.17. The fraction of sp³-hybridized carbons (Fsp3) is 0.714. The van der Waals surface area contributed by atoms with Crippen LogP contribution in [0.25, 0.3) is 0 Å². The molecule has 0 N–H and O–H groups in total. The molecule has 0 unspecified atom stereocenters. The molecule has 5 heteroatoms. The molecule has 3 heterocycles. The number of amides is 1. The monoisotopic (exact) mass is 262 g/mol. The fourth-order valence-corrected chi connectivity index (χ4v) is 2.94. The highest BCUT2D eigenvalue weighted by Crippen LogP contribution is 2.14. The molecule has 0 saturated carbocycles. The van der Waals surface area contributed by atoms with E-state index in [-0.39, 0.29) is 5.91 Å². The van der Waals surface area contributed by atoms with Crippen LogP contribution in [-0.2, 0) is 6.54 Å². The fourth-order valence-electron chi connectivity index (χ4n) is 2.94. The number of rotatable bonds is 4. The molecule has 2 aliphatic heterocycles. The molecular formula is C14H22N4O. The van der Waals surface area contributed by atoms with Crippen LogP contribution in [0.3, 0.4) is 0 Å². The van der Waals surface area contributed by atoms with Crippen LogP contribution in [0.15, 0.2) is 12.3 Å². The summed E-state index contributed by atoms with van der Waals surface area (Å²) in [4.78, 5) is 16.5. The molecule has 0 atom stereocenters. The smallest absolute Gasteiger partial charge is 0.274 e. The number of carbonyl (C=O) groups excluding carboxylic acids is 1. The van der Waals surface area contributed by atoms with E-state index in [1.165, 1.54) is 13.1 Å². The Morgan fingerprint density at radius 1 is 1.32 bits per heavy atom. The number of aromatic nitrogens is 2. The van der Waals surface area contributed by atoms with E-state index < -0.39 is 0 Å². The van der Waals surface area contributed by atoms with Gasteiger partial charge in [0.25, 0.3) is 5.91 Å². The predicted molar refractivity (Wildman–Crippen MR) is 73.0 cm³/mol. The molecule has 2 aliphatic rings. The Morgan fingerprint density at radius 3 is 2.74 bits per heavy atom. The molecule has 0 aromatic carbocycles. The highest BCUT2D eigenvalue weighted by atomic mass is 16.2. The standard InChI is InChI=1S/C14H22N4O/c1-12-10-16(11-12)8-9-18-7-4-13(15-18)14(19)17-5-2-3-6-17/h4,7,12H,2-3,5-6,8-11H2,1H3. The van der Waals surface area contributed by atoms with E-state index in [0.717, 1.165) is 44.9 Å². The van der Waals surface area contributed by atoms with Crippen molar-refractivity contribution in [2.75, 3.05) is 32.7 Å². The normalized spacial score (nSPS) is 20.8. The quantitative estimate of drug-likeness (QED) is 0.815. The molecule has 2 fully saturated rings. The van der Waals surface area contributed by atoms with E-state index in [2.05, 4.69) is 16.9 Å². The van der Waals surface area contributed by atoms with Crippen LogP contribution in [0.2, 0.25) is 0 Å². The van der Waals surface area contributed by atoms with Gasteiger partial charge in [0.15, 0.2) is 0 Å². The van der Waals surface area contributed by atoms with E-state index in [1.807, 2.05) is 21.8 Å². The summed E-state index contributed by atoms with van der Waals surface area (Å²) in [5, 5.41) is 4.40. The lowest BCUT2D eigenvalue weighted by molar-refractivity contribution is 0.0785. The summed E-state index contributed by atoms with van der Waals surface area (Å²) in [5.41, 5.74) is 0.596. The van der Waals surface area contributed by atoms with E-state index in [9.17, 15) is 4.79 Å². The third-order valence-electron chi connectivity index (χ3n) is 4.04. The van der Waals surface area contributed by atoms with E-state index in [4.69, 9.17) is 0 Å². The van der Waals surface area contributed by atoms with Gasteiger partial charge in [-0.2, -0.15) is 5.10 Å². The second-order valence-electron chi connectivity index (χ2n) is 5.83. The summed E-state index contributed by atoms with van der Waals surface area (Å²) in [6, 6.07) is 1.85. The first-order valence-electron chi connectivity index (χ1n) is 7.27. The molecule has 0 aliphatic carbocycles. The minimum Gasteiger partial charge on any atom is -0.337 e. The number of hydrogen-bond acceptors (Lipinski definition) is 3. The Kier molecular flexibility index (Phi) is 3.55. The van der Waals surface area contributed by atoms with Crippen molar-refractivity contribution in [1.82, 2.24) is 19.6 Å². The maximum atomic E-state index is 12.1. The number of carbonyl (C=O) groups is 1. The molecule has 104 valence electrons. The Bertz CT molecular complexity index is 444. The second kappa shape index (κ2) is 5.33. The number of likely N-dealkylation sites (tertiary alicyclic amines) is 2. The van der Waals surface area contributed by atoms with Crippen molar-refractivity contribution in [1.29, 1.82) is 0 Å². The lowest BCUT2D eigenvalue weighted by Crippen LogP contribution is -2.46. The van der Waals surface area contributed by atoms with E-state index in [1.54, 1.807) is 0 Å². The zero-order chi connectivity index (χ0) is 13.2. The molecule has 0 radical (unpaired) electrons.